The molecule has 1 aliphatic heterocycles. The number of fused-ring (bicyclic) bond motifs is 1. The highest BCUT2D eigenvalue weighted by Gasteiger charge is 2.38. The number of nitrogens with zero attached hydrogens (tertiary/aromatic N) is 3. The van der Waals surface area contributed by atoms with Crippen molar-refractivity contribution in [2.45, 2.75) is 32.9 Å². The maximum Gasteiger partial charge on any atom is 0.147 e. The van der Waals surface area contributed by atoms with Gasteiger partial charge in [0.25, 0.3) is 0 Å². The monoisotopic (exact) mass is 355 g/mol. The molecular weight excluding hydrogens is 334 g/mol. The molecule has 2 aromatic rings. The van der Waals surface area contributed by atoms with E-state index in [9.17, 15) is 8.42 Å². The van der Waals surface area contributed by atoms with Crippen LogP contribution in [0.2, 0.25) is 5.15 Å². The van der Waals surface area contributed by atoms with Crippen molar-refractivity contribution >= 4 is 38.0 Å². The molecule has 3 heterocycles. The van der Waals surface area contributed by atoms with Crippen molar-refractivity contribution in [3.63, 3.8) is 0 Å². The van der Waals surface area contributed by atoms with Crippen LogP contribution in [0.4, 0.5) is 5.69 Å². The summed E-state index contributed by atoms with van der Waals surface area (Å²) in [5, 5.41) is 1.54. The lowest BCUT2D eigenvalue weighted by atomic mass is 9.91. The third-order valence-corrected chi connectivity index (χ3v) is 5.89. The van der Waals surface area contributed by atoms with Crippen molar-refractivity contribution < 1.29 is 8.42 Å². The molecule has 0 aliphatic carbocycles. The maximum absolute atomic E-state index is 11.5. The second-order valence-corrected chi connectivity index (χ2v) is 9.36. The highest BCUT2D eigenvalue weighted by molar-refractivity contribution is 7.90. The van der Waals surface area contributed by atoms with Gasteiger partial charge in [-0.05, 0) is 26.8 Å². The number of hydrogen-bond donors (Lipinski definition) is 0. The van der Waals surface area contributed by atoms with Crippen LogP contribution in [0.5, 0.6) is 0 Å². The van der Waals surface area contributed by atoms with E-state index >= 15 is 0 Å². The summed E-state index contributed by atoms with van der Waals surface area (Å²) in [6, 6.07) is 2.40. The van der Waals surface area contributed by atoms with Crippen LogP contribution in [-0.2, 0) is 9.84 Å². The smallest absolute Gasteiger partial charge is 0.147 e. The van der Waals surface area contributed by atoms with Crippen LogP contribution >= 0.6 is 11.6 Å². The molecule has 0 unspecified atom stereocenters. The number of hydrogen-bond acceptors (Lipinski definition) is 4. The molecule has 0 bridgehead atoms. The largest absolute Gasteiger partial charge is 0.366 e. The molecule has 5 nitrogen and oxygen atoms in total. The molecule has 1 saturated heterocycles. The number of rotatable bonds is 4. The minimum Gasteiger partial charge on any atom is -0.366 e. The maximum atomic E-state index is 11.5. The summed E-state index contributed by atoms with van der Waals surface area (Å²) in [4.78, 5) is 6.47. The van der Waals surface area contributed by atoms with Gasteiger partial charge in [-0.3, -0.25) is 0 Å². The molecule has 3 rings (SSSR count). The van der Waals surface area contributed by atoms with E-state index in [-0.39, 0.29) is 17.7 Å². The van der Waals surface area contributed by atoms with Gasteiger partial charge in [0, 0.05) is 48.6 Å². The van der Waals surface area contributed by atoms with Crippen molar-refractivity contribution in [2.24, 2.45) is 5.92 Å². The lowest BCUT2D eigenvalue weighted by Gasteiger charge is -2.47. The highest BCUT2D eigenvalue weighted by Crippen LogP contribution is 2.38. The van der Waals surface area contributed by atoms with Crippen LogP contribution in [0.1, 0.15) is 26.8 Å². The average molecular weight is 356 g/mol. The van der Waals surface area contributed by atoms with Crippen molar-refractivity contribution in [2.75, 3.05) is 23.5 Å². The van der Waals surface area contributed by atoms with Crippen LogP contribution in [-0.4, -0.2) is 42.6 Å². The van der Waals surface area contributed by atoms with Gasteiger partial charge in [-0.1, -0.05) is 11.6 Å². The summed E-state index contributed by atoms with van der Waals surface area (Å²) in [7, 11) is -2.94. The van der Waals surface area contributed by atoms with Crippen molar-refractivity contribution in [1.29, 1.82) is 0 Å². The Morgan fingerprint density at radius 3 is 2.70 bits per heavy atom. The molecule has 2 atom stereocenters. The molecule has 1 fully saturated rings. The Balaban J connectivity index is 1.96. The number of anilines is 1. The van der Waals surface area contributed by atoms with Crippen LogP contribution in [0.25, 0.3) is 10.9 Å². The number of pyridine rings is 1. The minimum atomic E-state index is -2.94. The van der Waals surface area contributed by atoms with Crippen LogP contribution in [0.15, 0.2) is 18.5 Å². The second-order valence-electron chi connectivity index (χ2n) is 6.78. The molecule has 23 heavy (non-hydrogen) atoms. The molecule has 0 saturated carbocycles. The Morgan fingerprint density at radius 1 is 1.43 bits per heavy atom. The summed E-state index contributed by atoms with van der Waals surface area (Å²) in [5.41, 5.74) is 2.17. The summed E-state index contributed by atoms with van der Waals surface area (Å²) in [6.45, 7) is 7.10. The van der Waals surface area contributed by atoms with Gasteiger partial charge in [-0.15, -0.1) is 0 Å². The topological polar surface area (TPSA) is 55.2 Å². The van der Waals surface area contributed by atoms with Gasteiger partial charge in [0.05, 0.1) is 17.0 Å². The number of aromatic nitrogens is 2. The SMILES string of the molecule is CC(C)n1cc(N2C[C@H](CS(C)(=O)=O)[C@H]2C)c2cnc(Cl)cc21. The Bertz CT molecular complexity index is 844. The Hall–Kier alpha value is -1.27. The van der Waals surface area contributed by atoms with E-state index in [0.717, 1.165) is 23.1 Å². The van der Waals surface area contributed by atoms with E-state index in [1.54, 1.807) is 0 Å². The Kier molecular flexibility index (Phi) is 4.09. The fourth-order valence-corrected chi connectivity index (χ4v) is 4.66. The van der Waals surface area contributed by atoms with Gasteiger partial charge < -0.3 is 9.47 Å². The third kappa shape index (κ3) is 3.06. The zero-order valence-electron chi connectivity index (χ0n) is 13.8. The van der Waals surface area contributed by atoms with E-state index in [4.69, 9.17) is 11.6 Å². The second kappa shape index (κ2) is 5.67. The minimum absolute atomic E-state index is 0.183. The lowest BCUT2D eigenvalue weighted by Crippen LogP contribution is -2.57. The van der Waals surface area contributed by atoms with E-state index in [1.807, 2.05) is 12.3 Å². The lowest BCUT2D eigenvalue weighted by molar-refractivity contribution is 0.341. The molecule has 0 amide bonds. The first-order valence-corrected chi connectivity index (χ1v) is 10.2. The molecule has 0 aromatic carbocycles. The van der Waals surface area contributed by atoms with Crippen LogP contribution in [0, 0.1) is 5.92 Å². The van der Waals surface area contributed by atoms with E-state index in [1.165, 1.54) is 6.26 Å². The normalized spacial score (nSPS) is 21.9. The molecular formula is C16H22ClN3O2S. The van der Waals surface area contributed by atoms with Crippen LogP contribution in [0.3, 0.4) is 0 Å². The molecule has 0 N–H and O–H groups in total. The van der Waals surface area contributed by atoms with Gasteiger partial charge in [-0.25, -0.2) is 13.4 Å². The highest BCUT2D eigenvalue weighted by atomic mass is 35.5. The molecule has 126 valence electrons. The first kappa shape index (κ1) is 16.6. The number of sulfone groups is 1. The van der Waals surface area contributed by atoms with Crippen molar-refractivity contribution in [1.82, 2.24) is 9.55 Å². The van der Waals surface area contributed by atoms with Gasteiger partial charge >= 0.3 is 0 Å². The first-order valence-electron chi connectivity index (χ1n) is 7.78. The summed E-state index contributed by atoms with van der Waals surface area (Å²) >= 11 is 6.05. The molecule has 2 aromatic heterocycles. The van der Waals surface area contributed by atoms with Gasteiger partial charge in [0.2, 0.25) is 0 Å². The van der Waals surface area contributed by atoms with E-state index < -0.39 is 9.84 Å². The Labute approximate surface area is 142 Å². The van der Waals surface area contributed by atoms with Gasteiger partial charge in [-0.2, -0.15) is 0 Å². The summed E-state index contributed by atoms with van der Waals surface area (Å²) < 4.78 is 25.2. The van der Waals surface area contributed by atoms with Crippen molar-refractivity contribution in [3.05, 3.63) is 23.6 Å². The summed E-state index contributed by atoms with van der Waals surface area (Å²) in [5.74, 6) is 0.431. The number of halogens is 1. The predicted molar refractivity (Wildman–Crippen MR) is 95.1 cm³/mol. The fourth-order valence-electron chi connectivity index (χ4n) is 3.34. The zero-order chi connectivity index (χ0) is 16.9. The first-order chi connectivity index (χ1) is 10.7. The zero-order valence-corrected chi connectivity index (χ0v) is 15.4. The standard InChI is InChI=1S/C16H22ClN3O2S/c1-10(2)19-8-15(13-6-18-16(17)5-14(13)19)20-7-12(11(20)3)9-23(4,21)22/h5-6,8,10-12H,7,9H2,1-4H3/t11-,12-/m1/s1. The fraction of sp³-hybridized carbons (Fsp3) is 0.562. The third-order valence-electron chi connectivity index (χ3n) is 4.65. The molecule has 0 radical (unpaired) electrons. The van der Waals surface area contributed by atoms with E-state index in [2.05, 4.69) is 41.4 Å². The van der Waals surface area contributed by atoms with Gasteiger partial charge in [0.1, 0.15) is 15.0 Å². The van der Waals surface area contributed by atoms with Gasteiger partial charge in [0.15, 0.2) is 0 Å². The van der Waals surface area contributed by atoms with Crippen molar-refractivity contribution in [3.8, 4) is 0 Å². The molecule has 1 aliphatic rings. The van der Waals surface area contributed by atoms with E-state index in [0.29, 0.717) is 11.2 Å². The molecule has 7 heteroatoms. The predicted octanol–water partition coefficient (Wildman–Crippen LogP) is 3.14. The molecule has 0 spiro atoms. The average Bonchev–Trinajstić information content (AvgIpc) is 2.80. The van der Waals surface area contributed by atoms with Crippen LogP contribution < -0.4 is 4.90 Å². The quantitative estimate of drug-likeness (QED) is 0.790. The summed E-state index contributed by atoms with van der Waals surface area (Å²) in [6.07, 6.45) is 5.24. The Morgan fingerprint density at radius 2 is 2.13 bits per heavy atom.